The Labute approximate surface area is 236 Å². The number of aromatic nitrogens is 1. The number of benzene rings is 2. The average Bonchev–Trinajstić information content (AvgIpc) is 3.45. The number of allylic oxidation sites excluding steroid dienone is 1. The number of nitriles is 1. The molecule has 1 atom stereocenters. The van der Waals surface area contributed by atoms with E-state index in [1.807, 2.05) is 43.3 Å². The summed E-state index contributed by atoms with van der Waals surface area (Å²) >= 11 is 3.65. The van der Waals surface area contributed by atoms with Crippen molar-refractivity contribution in [2.75, 3.05) is 36.2 Å². The van der Waals surface area contributed by atoms with E-state index in [1.165, 1.54) is 4.57 Å². The molecule has 0 aliphatic carbocycles. The molecule has 0 amide bonds. The molecule has 1 aromatic heterocycles. The van der Waals surface area contributed by atoms with Gasteiger partial charge in [0.25, 0.3) is 5.56 Å². The number of hydrogen-bond donors (Lipinski definition) is 2. The normalized spacial score (nSPS) is 18.4. The topological polar surface area (TPSA) is 123 Å². The number of nitrogens with two attached hydrogens (primary N) is 2. The molecule has 2 fully saturated rings. The van der Waals surface area contributed by atoms with Crippen LogP contribution >= 0.6 is 15.9 Å². The second-order valence-electron chi connectivity index (χ2n) is 10.2. The number of anilines is 2. The minimum absolute atomic E-state index is 0.0265. The smallest absolute Gasteiger partial charge is 0.270 e. The number of aryl methyl sites for hydroxylation is 2. The summed E-state index contributed by atoms with van der Waals surface area (Å²) in [5.41, 5.74) is 10.4. The van der Waals surface area contributed by atoms with Crippen molar-refractivity contribution in [1.82, 2.24) is 4.57 Å². The summed E-state index contributed by atoms with van der Waals surface area (Å²) in [6.07, 6.45) is 4.14. The Balaban J connectivity index is 1.42. The summed E-state index contributed by atoms with van der Waals surface area (Å²) < 4.78 is 13.9. The Morgan fingerprint density at radius 1 is 1.26 bits per heavy atom. The summed E-state index contributed by atoms with van der Waals surface area (Å²) in [6, 6.07) is 13.9. The molecule has 2 aromatic carbocycles. The van der Waals surface area contributed by atoms with E-state index in [4.69, 9.17) is 21.1 Å². The molecule has 39 heavy (non-hydrogen) atoms. The van der Waals surface area contributed by atoms with Crippen molar-refractivity contribution in [3.8, 4) is 11.8 Å². The molecule has 0 saturated carbocycles. The second kappa shape index (κ2) is 11.3. The van der Waals surface area contributed by atoms with Crippen molar-refractivity contribution < 1.29 is 9.47 Å². The molecule has 4 N–H and O–H groups in total. The van der Waals surface area contributed by atoms with E-state index in [9.17, 15) is 10.1 Å². The number of fused-ring (bicyclic) bond motifs is 1. The fourth-order valence-corrected chi connectivity index (χ4v) is 5.89. The van der Waals surface area contributed by atoms with E-state index in [-0.39, 0.29) is 23.1 Å². The third kappa shape index (κ3) is 5.35. The molecule has 3 heterocycles. The summed E-state index contributed by atoms with van der Waals surface area (Å²) in [4.78, 5) is 15.4. The summed E-state index contributed by atoms with van der Waals surface area (Å²) in [7, 11) is 1.69. The summed E-state index contributed by atoms with van der Waals surface area (Å²) in [6.45, 7) is 4.53. The number of halogens is 1. The Morgan fingerprint density at radius 2 is 2.00 bits per heavy atom. The molecule has 9 nitrogen and oxygen atoms in total. The standard InChI is InChI=1S/C29H33BrN6O3/c1-18-5-3-4-6-25(18)36(33)16-24(32)19-7-10-35(11-8-19)28-21-13-23(30)27(39-20-9-12-38-17-20)14-26(21)34(2)29(37)22(28)15-31/h3-6,13-14,16,19-20H,7-12,17,32-33H2,1-2H3/b24-16-. The molecule has 0 spiro atoms. The van der Waals surface area contributed by atoms with Gasteiger partial charge in [-0.1, -0.05) is 18.2 Å². The van der Waals surface area contributed by atoms with Crippen LogP contribution in [0.4, 0.5) is 11.4 Å². The van der Waals surface area contributed by atoms with E-state index in [2.05, 4.69) is 26.9 Å². The van der Waals surface area contributed by atoms with Gasteiger partial charge in [0, 0.05) is 55.8 Å². The summed E-state index contributed by atoms with van der Waals surface area (Å²) in [5.74, 6) is 7.09. The highest BCUT2D eigenvalue weighted by Gasteiger charge is 2.28. The zero-order chi connectivity index (χ0) is 27.7. The van der Waals surface area contributed by atoms with Crippen molar-refractivity contribution in [2.45, 2.75) is 32.3 Å². The van der Waals surface area contributed by atoms with Crippen LogP contribution in [0.25, 0.3) is 10.9 Å². The Bertz CT molecular complexity index is 1510. The first-order valence-corrected chi connectivity index (χ1v) is 13.9. The first-order chi connectivity index (χ1) is 18.8. The van der Waals surface area contributed by atoms with Crippen LogP contribution in [0.15, 0.2) is 57.6 Å². The molecular formula is C29H33BrN6O3. The number of ether oxygens (including phenoxy) is 2. The fourth-order valence-electron chi connectivity index (χ4n) is 5.45. The number of nitrogens with zero attached hydrogens (tertiary/aromatic N) is 4. The Hall–Kier alpha value is -3.52. The molecular weight excluding hydrogens is 560 g/mol. The lowest BCUT2D eigenvalue weighted by Gasteiger charge is -2.35. The van der Waals surface area contributed by atoms with Crippen LogP contribution in [0.5, 0.6) is 5.75 Å². The average molecular weight is 594 g/mol. The molecule has 10 heteroatoms. The fraction of sp³-hybridized carbons (Fsp3) is 0.379. The van der Waals surface area contributed by atoms with E-state index in [0.717, 1.165) is 46.1 Å². The summed E-state index contributed by atoms with van der Waals surface area (Å²) in [5, 5.41) is 12.4. The van der Waals surface area contributed by atoms with Gasteiger partial charge >= 0.3 is 0 Å². The van der Waals surface area contributed by atoms with Crippen LogP contribution in [0.2, 0.25) is 0 Å². The zero-order valence-electron chi connectivity index (χ0n) is 22.2. The first kappa shape index (κ1) is 27.1. The maximum atomic E-state index is 13.3. The second-order valence-corrected chi connectivity index (χ2v) is 11.0. The third-order valence-corrected chi connectivity index (χ3v) is 8.30. The highest BCUT2D eigenvalue weighted by atomic mass is 79.9. The van der Waals surface area contributed by atoms with Crippen LogP contribution in [-0.4, -0.2) is 37.0 Å². The van der Waals surface area contributed by atoms with Crippen LogP contribution < -0.4 is 31.8 Å². The molecule has 2 aliphatic heterocycles. The third-order valence-electron chi connectivity index (χ3n) is 7.68. The van der Waals surface area contributed by atoms with Gasteiger partial charge in [0.2, 0.25) is 0 Å². The minimum Gasteiger partial charge on any atom is -0.487 e. The van der Waals surface area contributed by atoms with Gasteiger partial charge in [-0.05, 0) is 53.4 Å². The van der Waals surface area contributed by atoms with Gasteiger partial charge in [-0.3, -0.25) is 9.80 Å². The highest BCUT2D eigenvalue weighted by Crippen LogP contribution is 2.38. The molecule has 0 bridgehead atoms. The predicted octanol–water partition coefficient (Wildman–Crippen LogP) is 4.05. The predicted molar refractivity (Wildman–Crippen MR) is 157 cm³/mol. The van der Waals surface area contributed by atoms with E-state index in [0.29, 0.717) is 43.3 Å². The Morgan fingerprint density at radius 3 is 2.67 bits per heavy atom. The first-order valence-electron chi connectivity index (χ1n) is 13.1. The Kier molecular flexibility index (Phi) is 7.84. The van der Waals surface area contributed by atoms with Gasteiger partial charge in [0.15, 0.2) is 0 Å². The lowest BCUT2D eigenvalue weighted by molar-refractivity contribution is 0.141. The van der Waals surface area contributed by atoms with Gasteiger partial charge in [-0.15, -0.1) is 0 Å². The SMILES string of the molecule is Cc1ccccc1N(N)/C=C(\N)C1CCN(c2c(C#N)c(=O)n(C)c3cc(OC4CCOC4)c(Br)cc23)CC1. The number of hydrazine groups is 1. The van der Waals surface area contributed by atoms with Crippen LogP contribution in [0.1, 0.15) is 30.4 Å². The van der Waals surface area contributed by atoms with Gasteiger partial charge in [-0.25, -0.2) is 5.84 Å². The number of hydrogen-bond acceptors (Lipinski definition) is 8. The quantitative estimate of drug-likeness (QED) is 0.324. The van der Waals surface area contributed by atoms with Gasteiger partial charge in [-0.2, -0.15) is 5.26 Å². The largest absolute Gasteiger partial charge is 0.487 e. The van der Waals surface area contributed by atoms with Crippen LogP contribution in [0.3, 0.4) is 0 Å². The maximum Gasteiger partial charge on any atom is 0.270 e. The molecule has 2 aliphatic rings. The van der Waals surface area contributed by atoms with Crippen molar-refractivity contribution in [2.24, 2.45) is 24.5 Å². The monoisotopic (exact) mass is 592 g/mol. The van der Waals surface area contributed by atoms with E-state index >= 15 is 0 Å². The van der Waals surface area contributed by atoms with Crippen molar-refractivity contribution in [3.63, 3.8) is 0 Å². The van der Waals surface area contributed by atoms with E-state index in [1.54, 1.807) is 18.3 Å². The minimum atomic E-state index is -0.323. The number of rotatable bonds is 6. The van der Waals surface area contributed by atoms with Crippen LogP contribution in [-0.2, 0) is 11.8 Å². The maximum absolute atomic E-state index is 13.3. The van der Waals surface area contributed by atoms with Gasteiger partial charge < -0.3 is 24.7 Å². The van der Waals surface area contributed by atoms with Crippen molar-refractivity contribution in [1.29, 1.82) is 5.26 Å². The highest BCUT2D eigenvalue weighted by molar-refractivity contribution is 9.10. The van der Waals surface area contributed by atoms with Gasteiger partial charge in [0.05, 0.1) is 34.6 Å². The molecule has 0 radical (unpaired) electrons. The van der Waals surface area contributed by atoms with Crippen molar-refractivity contribution >= 4 is 38.2 Å². The number of para-hydroxylation sites is 1. The van der Waals surface area contributed by atoms with Gasteiger partial charge in [0.1, 0.15) is 23.5 Å². The van der Waals surface area contributed by atoms with Crippen molar-refractivity contribution in [3.05, 3.63) is 74.2 Å². The lowest BCUT2D eigenvalue weighted by Crippen LogP contribution is -2.38. The zero-order valence-corrected chi connectivity index (χ0v) is 23.8. The molecule has 5 rings (SSSR count). The molecule has 1 unspecified atom stereocenters. The number of pyridine rings is 1. The van der Waals surface area contributed by atoms with Crippen LogP contribution in [0, 0.1) is 24.2 Å². The molecule has 204 valence electrons. The van der Waals surface area contributed by atoms with E-state index < -0.39 is 0 Å². The molecule has 3 aromatic rings. The number of piperidine rings is 1. The lowest BCUT2D eigenvalue weighted by atomic mass is 9.93. The molecule has 2 saturated heterocycles.